The van der Waals surface area contributed by atoms with Crippen LogP contribution in [0.3, 0.4) is 0 Å². The number of nitrogens with zero attached hydrogens (tertiary/aromatic N) is 2. The summed E-state index contributed by atoms with van der Waals surface area (Å²) < 4.78 is 1.97. The van der Waals surface area contributed by atoms with Crippen LogP contribution in [0, 0.1) is 5.92 Å². The van der Waals surface area contributed by atoms with Crippen LogP contribution in [0.4, 0.5) is 0 Å². The Morgan fingerprint density at radius 3 is 2.82 bits per heavy atom. The highest BCUT2D eigenvalue weighted by molar-refractivity contribution is 5.98. The molecule has 0 bridgehead atoms. The molecule has 1 saturated heterocycles. The minimum Gasteiger partial charge on any atom is -0.350 e. The van der Waals surface area contributed by atoms with Crippen molar-refractivity contribution >= 4 is 16.8 Å². The molecule has 1 aromatic heterocycles. The second kappa shape index (κ2) is 6.13. The van der Waals surface area contributed by atoms with Crippen molar-refractivity contribution in [1.29, 1.82) is 0 Å². The molecule has 1 aliphatic heterocycles. The molecule has 0 unspecified atom stereocenters. The summed E-state index contributed by atoms with van der Waals surface area (Å²) in [6, 6.07) is 10.7. The van der Waals surface area contributed by atoms with Gasteiger partial charge in [0.2, 0.25) is 0 Å². The molecule has 0 radical (unpaired) electrons. The summed E-state index contributed by atoms with van der Waals surface area (Å²) in [5.41, 5.74) is 1.83. The highest BCUT2D eigenvalue weighted by atomic mass is 16.1. The van der Waals surface area contributed by atoms with Crippen LogP contribution in [0.25, 0.3) is 10.9 Å². The van der Waals surface area contributed by atoms with Crippen LogP contribution in [0.5, 0.6) is 0 Å². The fraction of sp³-hybridized carbons (Fsp3) is 0.500. The van der Waals surface area contributed by atoms with Crippen molar-refractivity contribution in [3.63, 3.8) is 0 Å². The number of nitrogens with one attached hydrogen (secondary N) is 1. The zero-order valence-corrected chi connectivity index (χ0v) is 13.7. The maximum atomic E-state index is 12.5. The summed E-state index contributed by atoms with van der Waals surface area (Å²) in [6.45, 7) is 7.47. The molecule has 1 atom stereocenters. The Morgan fingerprint density at radius 1 is 1.36 bits per heavy atom. The molecule has 1 fully saturated rings. The number of carbonyl (C=O) groups is 1. The van der Waals surface area contributed by atoms with Gasteiger partial charge in [-0.15, -0.1) is 0 Å². The van der Waals surface area contributed by atoms with Gasteiger partial charge >= 0.3 is 0 Å². The fourth-order valence-electron chi connectivity index (χ4n) is 3.33. The second-order valence-corrected chi connectivity index (χ2v) is 6.60. The Hall–Kier alpha value is -1.81. The van der Waals surface area contributed by atoms with Gasteiger partial charge in [0.25, 0.3) is 5.91 Å². The van der Waals surface area contributed by atoms with E-state index in [0.29, 0.717) is 12.0 Å². The van der Waals surface area contributed by atoms with E-state index < -0.39 is 0 Å². The molecule has 0 aliphatic carbocycles. The van der Waals surface area contributed by atoms with Gasteiger partial charge in [0, 0.05) is 37.1 Å². The molecule has 4 heteroatoms. The van der Waals surface area contributed by atoms with Crippen molar-refractivity contribution in [2.45, 2.75) is 26.3 Å². The lowest BCUT2D eigenvalue weighted by atomic mass is 10.1. The van der Waals surface area contributed by atoms with E-state index in [0.717, 1.165) is 36.2 Å². The normalized spacial score (nSPS) is 19.2. The molecule has 1 amide bonds. The molecule has 3 rings (SSSR count). The van der Waals surface area contributed by atoms with E-state index in [-0.39, 0.29) is 5.91 Å². The maximum absolute atomic E-state index is 12.5. The lowest BCUT2D eigenvalue weighted by Gasteiger charge is -2.20. The number of aromatic nitrogens is 1. The van der Waals surface area contributed by atoms with Gasteiger partial charge in [0.15, 0.2) is 0 Å². The molecule has 0 spiro atoms. The lowest BCUT2D eigenvalue weighted by Crippen LogP contribution is -2.33. The number of para-hydroxylation sites is 1. The van der Waals surface area contributed by atoms with Crippen molar-refractivity contribution in [2.24, 2.45) is 13.0 Å². The lowest BCUT2D eigenvalue weighted by molar-refractivity contribution is 0.0939. The van der Waals surface area contributed by atoms with Crippen LogP contribution in [0.15, 0.2) is 30.3 Å². The van der Waals surface area contributed by atoms with Gasteiger partial charge in [0.05, 0.1) is 0 Å². The van der Waals surface area contributed by atoms with E-state index >= 15 is 0 Å². The van der Waals surface area contributed by atoms with Gasteiger partial charge in [-0.1, -0.05) is 18.2 Å². The smallest absolute Gasteiger partial charge is 0.267 e. The zero-order chi connectivity index (χ0) is 15.7. The van der Waals surface area contributed by atoms with Crippen LogP contribution >= 0.6 is 0 Å². The maximum Gasteiger partial charge on any atom is 0.267 e. The average Bonchev–Trinajstić information content (AvgIpc) is 3.11. The third kappa shape index (κ3) is 2.88. The summed E-state index contributed by atoms with van der Waals surface area (Å²) in [7, 11) is 1.95. The standard InChI is InChI=1S/C18H25N3O/c1-13(2)21-9-8-14(12-21)11-19-18(22)17-10-15-6-4-5-7-16(15)20(17)3/h4-7,10,13-14H,8-9,11-12H2,1-3H3,(H,19,22)/t14-/m0/s1. The average molecular weight is 299 g/mol. The summed E-state index contributed by atoms with van der Waals surface area (Å²) in [6.07, 6.45) is 1.17. The van der Waals surface area contributed by atoms with Crippen LogP contribution in [-0.4, -0.2) is 41.1 Å². The molecule has 118 valence electrons. The van der Waals surface area contributed by atoms with Crippen LogP contribution in [-0.2, 0) is 7.05 Å². The van der Waals surface area contributed by atoms with Crippen molar-refractivity contribution < 1.29 is 4.79 Å². The van der Waals surface area contributed by atoms with Gasteiger partial charge in [-0.2, -0.15) is 0 Å². The van der Waals surface area contributed by atoms with Crippen molar-refractivity contribution in [1.82, 2.24) is 14.8 Å². The highest BCUT2D eigenvalue weighted by Crippen LogP contribution is 2.20. The Bertz CT molecular complexity index is 674. The van der Waals surface area contributed by atoms with E-state index in [1.807, 2.05) is 41.9 Å². The summed E-state index contributed by atoms with van der Waals surface area (Å²) >= 11 is 0. The highest BCUT2D eigenvalue weighted by Gasteiger charge is 2.24. The number of likely N-dealkylation sites (tertiary alicyclic amines) is 1. The molecule has 2 heterocycles. The molecular weight excluding hydrogens is 274 g/mol. The first kappa shape index (κ1) is 15.1. The molecule has 22 heavy (non-hydrogen) atoms. The van der Waals surface area contributed by atoms with Crippen molar-refractivity contribution in [3.05, 3.63) is 36.0 Å². The van der Waals surface area contributed by atoms with Gasteiger partial charge in [0.1, 0.15) is 5.69 Å². The Kier molecular flexibility index (Phi) is 4.21. The quantitative estimate of drug-likeness (QED) is 0.942. The number of hydrogen-bond acceptors (Lipinski definition) is 2. The summed E-state index contributed by atoms with van der Waals surface area (Å²) in [5, 5.41) is 4.23. The van der Waals surface area contributed by atoms with E-state index in [1.165, 1.54) is 6.42 Å². The first-order valence-corrected chi connectivity index (χ1v) is 8.13. The first-order chi connectivity index (χ1) is 10.6. The van der Waals surface area contributed by atoms with Crippen LogP contribution in [0.2, 0.25) is 0 Å². The second-order valence-electron chi connectivity index (χ2n) is 6.60. The predicted molar refractivity (Wildman–Crippen MR) is 90.1 cm³/mol. The number of rotatable bonds is 4. The number of amides is 1. The first-order valence-electron chi connectivity index (χ1n) is 8.13. The van der Waals surface area contributed by atoms with E-state index in [9.17, 15) is 4.79 Å². The molecule has 1 aromatic carbocycles. The fourth-order valence-corrected chi connectivity index (χ4v) is 3.33. The Balaban J connectivity index is 1.63. The van der Waals surface area contributed by atoms with E-state index in [1.54, 1.807) is 0 Å². The van der Waals surface area contributed by atoms with Crippen LogP contribution < -0.4 is 5.32 Å². The van der Waals surface area contributed by atoms with Gasteiger partial charge in [-0.25, -0.2) is 0 Å². The molecule has 1 N–H and O–H groups in total. The molecule has 4 nitrogen and oxygen atoms in total. The van der Waals surface area contributed by atoms with Gasteiger partial charge in [-0.05, 0) is 44.9 Å². The SMILES string of the molecule is CC(C)N1CC[C@@H](CNC(=O)c2cc3ccccc3n2C)C1. The monoisotopic (exact) mass is 299 g/mol. The summed E-state index contributed by atoms with van der Waals surface area (Å²) in [5.74, 6) is 0.600. The topological polar surface area (TPSA) is 37.3 Å². The number of fused-ring (bicyclic) bond motifs is 1. The number of benzene rings is 1. The largest absolute Gasteiger partial charge is 0.350 e. The van der Waals surface area contributed by atoms with Gasteiger partial charge < -0.3 is 14.8 Å². The number of carbonyl (C=O) groups excluding carboxylic acids is 1. The molecular formula is C18H25N3O. The third-order valence-corrected chi connectivity index (χ3v) is 4.78. The van der Waals surface area contributed by atoms with Crippen LogP contribution in [0.1, 0.15) is 30.8 Å². The Labute approximate surface area is 132 Å². The molecule has 1 aliphatic rings. The molecule has 0 saturated carbocycles. The van der Waals surface area contributed by atoms with Gasteiger partial charge in [-0.3, -0.25) is 4.79 Å². The predicted octanol–water partition coefficient (Wildman–Crippen LogP) is 2.64. The minimum absolute atomic E-state index is 0.0293. The van der Waals surface area contributed by atoms with Crippen molar-refractivity contribution in [3.8, 4) is 0 Å². The van der Waals surface area contributed by atoms with E-state index in [2.05, 4.69) is 24.1 Å². The molecule has 2 aromatic rings. The Morgan fingerprint density at radius 2 is 2.14 bits per heavy atom. The number of aryl methyl sites for hydroxylation is 1. The third-order valence-electron chi connectivity index (χ3n) is 4.78. The van der Waals surface area contributed by atoms with Crippen molar-refractivity contribution in [2.75, 3.05) is 19.6 Å². The van der Waals surface area contributed by atoms with E-state index in [4.69, 9.17) is 0 Å². The zero-order valence-electron chi connectivity index (χ0n) is 13.7. The number of hydrogen-bond donors (Lipinski definition) is 1. The summed E-state index contributed by atoms with van der Waals surface area (Å²) in [4.78, 5) is 14.9. The minimum atomic E-state index is 0.0293.